The van der Waals surface area contributed by atoms with Crippen LogP contribution in [-0.2, 0) is 10.7 Å². The summed E-state index contributed by atoms with van der Waals surface area (Å²) in [6.07, 6.45) is 5.47. The smallest absolute Gasteiger partial charge is 0.157 e. The molecule has 1 fully saturated rings. The van der Waals surface area contributed by atoms with Gasteiger partial charge in [0.25, 0.3) is 0 Å². The first-order valence-electron chi connectivity index (χ1n) is 3.99. The minimum atomic E-state index is -2.42. The Hall–Kier alpha value is 0.240. The average Bonchev–Trinajstić information content (AvgIpc) is 2.05. The first-order chi connectivity index (χ1) is 5.22. The minimum absolute atomic E-state index is 0.214. The van der Waals surface area contributed by atoms with Gasteiger partial charge in [-0.3, -0.25) is 0 Å². The van der Waals surface area contributed by atoms with Crippen molar-refractivity contribution < 1.29 is 8.42 Å². The van der Waals surface area contributed by atoms with E-state index in [1.54, 1.807) is 0 Å². The van der Waals surface area contributed by atoms with Gasteiger partial charge < -0.3 is 0 Å². The Morgan fingerprint density at radius 3 is 2.18 bits per heavy atom. The molecule has 0 radical (unpaired) electrons. The van der Waals surface area contributed by atoms with Crippen molar-refractivity contribution in [1.82, 2.24) is 0 Å². The van der Waals surface area contributed by atoms with Crippen molar-refractivity contribution in [2.24, 2.45) is 5.92 Å². The molecular formula is C7H13ClO2S. The Balaban J connectivity index is 2.44. The molecule has 0 aliphatic heterocycles. The number of thiol groups is 1. The van der Waals surface area contributed by atoms with E-state index in [2.05, 4.69) is 0 Å². The summed E-state index contributed by atoms with van der Waals surface area (Å²) in [5, 5.41) is 0. The van der Waals surface area contributed by atoms with Gasteiger partial charge >= 0.3 is 0 Å². The number of halogens is 1. The van der Waals surface area contributed by atoms with E-state index in [1.807, 2.05) is 0 Å². The quantitative estimate of drug-likeness (QED) is 0.540. The lowest BCUT2D eigenvalue weighted by Gasteiger charge is -2.22. The van der Waals surface area contributed by atoms with E-state index in [0.29, 0.717) is 0 Å². The van der Waals surface area contributed by atoms with Gasteiger partial charge in [0.2, 0.25) is 0 Å². The molecule has 0 aromatic heterocycles. The number of alkyl halides is 1. The van der Waals surface area contributed by atoms with E-state index in [1.165, 1.54) is 6.42 Å². The second-order valence-electron chi connectivity index (χ2n) is 3.06. The Bertz CT molecular complexity index is 177. The summed E-state index contributed by atoms with van der Waals surface area (Å²) in [6.45, 7) is 0. The summed E-state index contributed by atoms with van der Waals surface area (Å²) >= 11 is 5.70. The van der Waals surface area contributed by atoms with Crippen LogP contribution >= 0.6 is 11.6 Å². The summed E-state index contributed by atoms with van der Waals surface area (Å²) in [7, 11) is -2.42. The van der Waals surface area contributed by atoms with Crippen LogP contribution in [-0.4, -0.2) is 13.1 Å². The van der Waals surface area contributed by atoms with Crippen LogP contribution in [0.5, 0.6) is 0 Å². The zero-order chi connectivity index (χ0) is 8.27. The molecule has 0 spiro atoms. The first kappa shape index (κ1) is 9.33. The summed E-state index contributed by atoms with van der Waals surface area (Å²) in [5.41, 5.74) is 0. The Labute approximate surface area is 73.9 Å². The highest BCUT2D eigenvalue weighted by Crippen LogP contribution is 2.29. The van der Waals surface area contributed by atoms with Crippen molar-refractivity contribution in [2.45, 2.75) is 36.8 Å². The maximum absolute atomic E-state index is 10.5. The fourth-order valence-electron chi connectivity index (χ4n) is 1.58. The van der Waals surface area contributed by atoms with Gasteiger partial charge in [0.1, 0.15) is 4.71 Å². The van der Waals surface area contributed by atoms with Gasteiger partial charge in [0.15, 0.2) is 10.7 Å². The third-order valence-electron chi connectivity index (χ3n) is 2.24. The average molecular weight is 197 g/mol. The van der Waals surface area contributed by atoms with Crippen LogP contribution in [0.1, 0.15) is 32.1 Å². The lowest BCUT2D eigenvalue weighted by atomic mass is 9.91. The van der Waals surface area contributed by atoms with E-state index in [9.17, 15) is 8.42 Å². The molecule has 1 aliphatic carbocycles. The molecule has 0 bridgehead atoms. The minimum Gasteiger partial charge on any atom is -0.230 e. The van der Waals surface area contributed by atoms with Gasteiger partial charge in [0, 0.05) is 0 Å². The van der Waals surface area contributed by atoms with E-state index < -0.39 is 15.4 Å². The van der Waals surface area contributed by atoms with Crippen molar-refractivity contribution >= 4 is 22.3 Å². The monoisotopic (exact) mass is 196 g/mol. The number of hydrogen-bond donors (Lipinski definition) is 1. The van der Waals surface area contributed by atoms with Crippen molar-refractivity contribution in [3.63, 3.8) is 0 Å². The first-order valence-corrected chi connectivity index (χ1v) is 5.67. The zero-order valence-corrected chi connectivity index (χ0v) is 7.98. The molecule has 0 amide bonds. The molecule has 66 valence electrons. The fraction of sp³-hybridized carbons (Fsp3) is 1.00. The van der Waals surface area contributed by atoms with E-state index >= 15 is 0 Å². The van der Waals surface area contributed by atoms with E-state index in [0.717, 1.165) is 25.7 Å². The van der Waals surface area contributed by atoms with Crippen LogP contribution in [0.25, 0.3) is 0 Å². The molecule has 1 aliphatic rings. The van der Waals surface area contributed by atoms with Crippen LogP contribution in [0.3, 0.4) is 0 Å². The predicted octanol–water partition coefficient (Wildman–Crippen LogP) is 1.74. The maximum atomic E-state index is 10.5. The number of rotatable bonds is 2. The van der Waals surface area contributed by atoms with Crippen LogP contribution in [0, 0.1) is 5.92 Å². The molecule has 0 saturated heterocycles. The highest BCUT2D eigenvalue weighted by Gasteiger charge is 2.23. The standard InChI is InChI=1S/C7H13ClO2S/c8-7(11(9)10)6-4-2-1-3-5-6/h6-7,11H,1-5H2. The van der Waals surface area contributed by atoms with Crippen molar-refractivity contribution in [1.29, 1.82) is 0 Å². The second kappa shape index (κ2) is 4.31. The molecule has 1 saturated carbocycles. The van der Waals surface area contributed by atoms with Crippen LogP contribution < -0.4 is 0 Å². The fourth-order valence-corrected chi connectivity index (χ4v) is 2.48. The van der Waals surface area contributed by atoms with E-state index in [4.69, 9.17) is 11.6 Å². The highest BCUT2D eigenvalue weighted by molar-refractivity contribution is 7.74. The molecular weight excluding hydrogens is 184 g/mol. The van der Waals surface area contributed by atoms with Gasteiger partial charge in [-0.1, -0.05) is 19.3 Å². The topological polar surface area (TPSA) is 34.1 Å². The zero-order valence-electron chi connectivity index (χ0n) is 6.33. The maximum Gasteiger partial charge on any atom is 0.157 e. The molecule has 0 heterocycles. The normalized spacial score (nSPS) is 23.8. The second-order valence-corrected chi connectivity index (χ2v) is 4.96. The van der Waals surface area contributed by atoms with Crippen molar-refractivity contribution in [3.8, 4) is 0 Å². The van der Waals surface area contributed by atoms with Crippen molar-refractivity contribution in [2.75, 3.05) is 0 Å². The Kier molecular flexibility index (Phi) is 3.66. The van der Waals surface area contributed by atoms with Crippen molar-refractivity contribution in [3.05, 3.63) is 0 Å². The molecule has 2 nitrogen and oxygen atoms in total. The lowest BCUT2D eigenvalue weighted by Crippen LogP contribution is -2.19. The summed E-state index contributed by atoms with van der Waals surface area (Å²) < 4.78 is 20.4. The molecule has 1 atom stereocenters. The summed E-state index contributed by atoms with van der Waals surface area (Å²) in [5.74, 6) is 0.214. The SMILES string of the molecule is O=[SH](=O)C(Cl)C1CCCCC1. The Morgan fingerprint density at radius 2 is 1.73 bits per heavy atom. The van der Waals surface area contributed by atoms with E-state index in [-0.39, 0.29) is 5.92 Å². The molecule has 4 heteroatoms. The van der Waals surface area contributed by atoms with Gasteiger partial charge in [0.05, 0.1) is 0 Å². The summed E-state index contributed by atoms with van der Waals surface area (Å²) in [6, 6.07) is 0. The van der Waals surface area contributed by atoms with Gasteiger partial charge in [-0.05, 0) is 18.8 Å². The third kappa shape index (κ3) is 2.64. The molecule has 0 aromatic rings. The molecule has 0 N–H and O–H groups in total. The van der Waals surface area contributed by atoms with Gasteiger partial charge in [-0.15, -0.1) is 11.6 Å². The molecule has 11 heavy (non-hydrogen) atoms. The Morgan fingerprint density at radius 1 is 1.18 bits per heavy atom. The third-order valence-corrected chi connectivity index (χ3v) is 3.90. The van der Waals surface area contributed by atoms with Crippen LogP contribution in [0.2, 0.25) is 0 Å². The van der Waals surface area contributed by atoms with Crippen LogP contribution in [0.4, 0.5) is 0 Å². The highest BCUT2D eigenvalue weighted by atomic mass is 35.5. The lowest BCUT2D eigenvalue weighted by molar-refractivity contribution is 0.374. The predicted molar refractivity (Wildman–Crippen MR) is 46.5 cm³/mol. The summed E-state index contributed by atoms with van der Waals surface area (Å²) in [4.78, 5) is 0. The van der Waals surface area contributed by atoms with Gasteiger partial charge in [-0.25, -0.2) is 8.42 Å². The largest absolute Gasteiger partial charge is 0.230 e. The number of hydrogen-bond acceptors (Lipinski definition) is 2. The molecule has 0 aromatic carbocycles. The molecule has 1 rings (SSSR count). The van der Waals surface area contributed by atoms with Gasteiger partial charge in [-0.2, -0.15) is 0 Å². The van der Waals surface area contributed by atoms with Crippen LogP contribution in [0.15, 0.2) is 0 Å². The molecule has 1 unspecified atom stereocenters.